The van der Waals surface area contributed by atoms with Gasteiger partial charge >= 0.3 is 6.18 Å². The standard InChI is InChI=1S/C15H17Cl2F3N2O2/c16-11-2-1-10(7-12(11)17)22-13(23)8-21-14(15(18,19)20)9-3-5-24-6-4-9/h1-2,7,9,14,21H,3-6,8H2,(H,22,23). The Kier molecular flexibility index (Phi) is 6.74. The molecular weight excluding hydrogens is 368 g/mol. The van der Waals surface area contributed by atoms with E-state index >= 15 is 0 Å². The Bertz CT molecular complexity index is 578. The van der Waals surface area contributed by atoms with Crippen molar-refractivity contribution in [3.05, 3.63) is 28.2 Å². The molecule has 1 aromatic carbocycles. The number of carbonyl (C=O) groups is 1. The third-order valence-corrected chi connectivity index (χ3v) is 4.51. The van der Waals surface area contributed by atoms with E-state index in [0.717, 1.165) is 0 Å². The van der Waals surface area contributed by atoms with Crippen LogP contribution in [0.2, 0.25) is 10.0 Å². The molecule has 0 saturated carbocycles. The van der Waals surface area contributed by atoms with E-state index in [-0.39, 0.29) is 5.02 Å². The molecule has 1 aliphatic rings. The van der Waals surface area contributed by atoms with Gasteiger partial charge in [0.2, 0.25) is 5.91 Å². The van der Waals surface area contributed by atoms with Crippen molar-refractivity contribution in [2.24, 2.45) is 5.92 Å². The second kappa shape index (κ2) is 8.38. The summed E-state index contributed by atoms with van der Waals surface area (Å²) in [5.41, 5.74) is 0.367. The third kappa shape index (κ3) is 5.51. The maximum Gasteiger partial charge on any atom is 0.404 e. The molecule has 0 aromatic heterocycles. The third-order valence-electron chi connectivity index (χ3n) is 3.78. The minimum absolute atomic E-state index is 0.248. The molecule has 0 spiro atoms. The van der Waals surface area contributed by atoms with Crippen molar-refractivity contribution in [1.29, 1.82) is 0 Å². The molecule has 1 aromatic rings. The minimum Gasteiger partial charge on any atom is -0.381 e. The van der Waals surface area contributed by atoms with Crippen molar-refractivity contribution in [3.63, 3.8) is 0 Å². The highest BCUT2D eigenvalue weighted by atomic mass is 35.5. The lowest BCUT2D eigenvalue weighted by molar-refractivity contribution is -0.174. The number of anilines is 1. The van der Waals surface area contributed by atoms with Crippen molar-refractivity contribution in [2.45, 2.75) is 25.1 Å². The lowest BCUT2D eigenvalue weighted by Gasteiger charge is -2.32. The molecule has 1 atom stereocenters. The molecule has 1 amide bonds. The summed E-state index contributed by atoms with van der Waals surface area (Å²) in [6, 6.07) is 2.71. The van der Waals surface area contributed by atoms with Gasteiger partial charge < -0.3 is 10.1 Å². The summed E-state index contributed by atoms with van der Waals surface area (Å²) in [7, 11) is 0. The van der Waals surface area contributed by atoms with E-state index in [4.69, 9.17) is 27.9 Å². The van der Waals surface area contributed by atoms with Crippen molar-refractivity contribution in [3.8, 4) is 0 Å². The molecule has 0 aliphatic carbocycles. The molecule has 0 bridgehead atoms. The van der Waals surface area contributed by atoms with Crippen LogP contribution in [0.5, 0.6) is 0 Å². The van der Waals surface area contributed by atoms with Gasteiger partial charge in [0.05, 0.1) is 16.6 Å². The van der Waals surface area contributed by atoms with Gasteiger partial charge in [-0.1, -0.05) is 23.2 Å². The number of halogens is 5. The maximum absolute atomic E-state index is 13.2. The molecule has 1 unspecified atom stereocenters. The summed E-state index contributed by atoms with van der Waals surface area (Å²) in [4.78, 5) is 11.9. The first-order valence-electron chi connectivity index (χ1n) is 7.40. The van der Waals surface area contributed by atoms with Gasteiger partial charge in [-0.2, -0.15) is 13.2 Å². The summed E-state index contributed by atoms with van der Waals surface area (Å²) >= 11 is 11.6. The smallest absolute Gasteiger partial charge is 0.381 e. The number of amides is 1. The van der Waals surface area contributed by atoms with Crippen LogP contribution < -0.4 is 10.6 Å². The number of hydrogen-bond donors (Lipinski definition) is 2. The van der Waals surface area contributed by atoms with Crippen LogP contribution >= 0.6 is 23.2 Å². The van der Waals surface area contributed by atoms with E-state index in [1.54, 1.807) is 0 Å². The zero-order valence-electron chi connectivity index (χ0n) is 12.6. The van der Waals surface area contributed by atoms with Crippen LogP contribution in [0.1, 0.15) is 12.8 Å². The summed E-state index contributed by atoms with van der Waals surface area (Å²) in [5.74, 6) is -1.19. The van der Waals surface area contributed by atoms with Crippen LogP contribution in [0.25, 0.3) is 0 Å². The molecule has 24 heavy (non-hydrogen) atoms. The van der Waals surface area contributed by atoms with Gasteiger partial charge in [-0.3, -0.25) is 10.1 Å². The van der Waals surface area contributed by atoms with Crippen LogP contribution in [0, 0.1) is 5.92 Å². The fourth-order valence-corrected chi connectivity index (χ4v) is 2.88. The summed E-state index contributed by atoms with van der Waals surface area (Å²) in [6.07, 6.45) is -3.80. The Hall–Kier alpha value is -1.02. The molecule has 1 fully saturated rings. The van der Waals surface area contributed by atoms with E-state index in [0.29, 0.717) is 36.8 Å². The predicted molar refractivity (Wildman–Crippen MR) is 86.5 cm³/mol. The van der Waals surface area contributed by atoms with Gasteiger partial charge in [-0.15, -0.1) is 0 Å². The highest BCUT2D eigenvalue weighted by molar-refractivity contribution is 6.42. The first-order chi connectivity index (χ1) is 11.3. The molecule has 9 heteroatoms. The zero-order chi connectivity index (χ0) is 17.7. The molecule has 1 heterocycles. The van der Waals surface area contributed by atoms with Gasteiger partial charge in [0.1, 0.15) is 6.04 Å². The number of hydrogen-bond acceptors (Lipinski definition) is 3. The van der Waals surface area contributed by atoms with Crippen molar-refractivity contribution in [2.75, 3.05) is 25.1 Å². The fourth-order valence-electron chi connectivity index (χ4n) is 2.58. The zero-order valence-corrected chi connectivity index (χ0v) is 14.1. The van der Waals surface area contributed by atoms with E-state index in [9.17, 15) is 18.0 Å². The quantitative estimate of drug-likeness (QED) is 0.809. The van der Waals surface area contributed by atoms with Gasteiger partial charge in [0.15, 0.2) is 0 Å². The second-order valence-corrected chi connectivity index (χ2v) is 6.34. The Morgan fingerprint density at radius 1 is 1.25 bits per heavy atom. The number of carbonyl (C=O) groups excluding carboxylic acids is 1. The van der Waals surface area contributed by atoms with Crippen LogP contribution in [0.15, 0.2) is 18.2 Å². The molecule has 2 N–H and O–H groups in total. The summed E-state index contributed by atoms with van der Waals surface area (Å²) < 4.78 is 44.7. The number of alkyl halides is 3. The normalized spacial score (nSPS) is 17.5. The maximum atomic E-state index is 13.2. The number of nitrogens with one attached hydrogen (secondary N) is 2. The SMILES string of the molecule is O=C(CNC(C1CCOCC1)C(F)(F)F)Nc1ccc(Cl)c(Cl)c1. The van der Waals surface area contributed by atoms with Gasteiger partial charge in [0.25, 0.3) is 0 Å². The van der Waals surface area contributed by atoms with E-state index in [1.165, 1.54) is 18.2 Å². The molecule has 134 valence electrons. The predicted octanol–water partition coefficient (Wildman–Crippen LogP) is 3.88. The lowest BCUT2D eigenvalue weighted by Crippen LogP contribution is -2.51. The average Bonchev–Trinajstić information content (AvgIpc) is 2.51. The molecular formula is C15H17Cl2F3N2O2. The topological polar surface area (TPSA) is 50.4 Å². The lowest BCUT2D eigenvalue weighted by atomic mass is 9.91. The van der Waals surface area contributed by atoms with Crippen LogP contribution in [-0.2, 0) is 9.53 Å². The fraction of sp³-hybridized carbons (Fsp3) is 0.533. The molecule has 1 saturated heterocycles. The monoisotopic (exact) mass is 384 g/mol. The molecule has 0 radical (unpaired) electrons. The van der Waals surface area contributed by atoms with E-state index in [1.807, 2.05) is 0 Å². The molecule has 1 aliphatic heterocycles. The first-order valence-corrected chi connectivity index (χ1v) is 8.15. The van der Waals surface area contributed by atoms with E-state index < -0.39 is 30.6 Å². The Labute approximate surface area is 147 Å². The highest BCUT2D eigenvalue weighted by Crippen LogP contribution is 2.31. The Balaban J connectivity index is 1.92. The second-order valence-electron chi connectivity index (χ2n) is 5.53. The Morgan fingerprint density at radius 3 is 2.50 bits per heavy atom. The van der Waals surface area contributed by atoms with Crippen LogP contribution in [0.4, 0.5) is 18.9 Å². The van der Waals surface area contributed by atoms with Crippen LogP contribution in [0.3, 0.4) is 0 Å². The molecule has 4 nitrogen and oxygen atoms in total. The van der Waals surface area contributed by atoms with Gasteiger partial charge in [0, 0.05) is 18.9 Å². The van der Waals surface area contributed by atoms with Gasteiger partial charge in [-0.25, -0.2) is 0 Å². The number of ether oxygens (including phenoxy) is 1. The Morgan fingerprint density at radius 2 is 1.92 bits per heavy atom. The first kappa shape index (κ1) is 19.3. The summed E-state index contributed by atoms with van der Waals surface area (Å²) in [5, 5.41) is 5.38. The molecule has 2 rings (SSSR count). The number of benzene rings is 1. The van der Waals surface area contributed by atoms with E-state index in [2.05, 4.69) is 10.6 Å². The highest BCUT2D eigenvalue weighted by Gasteiger charge is 2.44. The van der Waals surface area contributed by atoms with Crippen molar-refractivity contribution < 1.29 is 22.7 Å². The number of rotatable bonds is 5. The average molecular weight is 385 g/mol. The minimum atomic E-state index is -4.42. The van der Waals surface area contributed by atoms with Gasteiger partial charge in [-0.05, 0) is 37.0 Å². The largest absolute Gasteiger partial charge is 0.404 e. The van der Waals surface area contributed by atoms with Crippen molar-refractivity contribution >= 4 is 34.8 Å². The summed E-state index contributed by atoms with van der Waals surface area (Å²) in [6.45, 7) is 0.143. The van der Waals surface area contributed by atoms with Crippen molar-refractivity contribution in [1.82, 2.24) is 5.32 Å². The van der Waals surface area contributed by atoms with Crippen LogP contribution in [-0.4, -0.2) is 37.9 Å².